The van der Waals surface area contributed by atoms with E-state index in [1.807, 2.05) is 0 Å². The van der Waals surface area contributed by atoms with E-state index in [0.29, 0.717) is 0 Å². The van der Waals surface area contributed by atoms with E-state index in [9.17, 15) is 0 Å². The van der Waals surface area contributed by atoms with Crippen LogP contribution in [-0.2, 0) is 7.05 Å². The lowest BCUT2D eigenvalue weighted by Gasteiger charge is -2.13. The van der Waals surface area contributed by atoms with Gasteiger partial charge in [-0.1, -0.05) is 187 Å². The summed E-state index contributed by atoms with van der Waals surface area (Å²) >= 11 is 0. The monoisotopic (exact) mass is 532 g/mol. The number of rotatable bonds is 30. The Hall–Kier alpha value is -0.790. The summed E-state index contributed by atoms with van der Waals surface area (Å²) in [4.78, 5) is 3.56. The van der Waals surface area contributed by atoms with Gasteiger partial charge in [0.2, 0.25) is 0 Å². The number of nitrogens with zero attached hydrogens (tertiary/aromatic N) is 1. The molecule has 0 saturated carbocycles. The average Bonchev–Trinajstić information content (AvgIpc) is 3.35. The maximum atomic E-state index is 3.56. The molecule has 1 aromatic heterocycles. The van der Waals surface area contributed by atoms with Gasteiger partial charge in [-0.05, 0) is 12.8 Å². The Balaban J connectivity index is 1.99. The number of nitrogens with one attached hydrogen (secondary N) is 1. The Morgan fingerprint density at radius 1 is 0.474 bits per heavy atom. The van der Waals surface area contributed by atoms with E-state index in [2.05, 4.69) is 42.8 Å². The van der Waals surface area contributed by atoms with Crippen LogP contribution in [0.25, 0.3) is 0 Å². The summed E-state index contributed by atoms with van der Waals surface area (Å²) in [6.07, 6.45) is 46.1. The molecule has 224 valence electrons. The highest BCUT2D eigenvalue weighted by Gasteiger charge is 2.20. The van der Waals surface area contributed by atoms with Crippen molar-refractivity contribution in [3.8, 4) is 0 Å². The first kappa shape index (κ1) is 35.2. The minimum absolute atomic E-state index is 0.722. The van der Waals surface area contributed by atoms with Gasteiger partial charge in [-0.3, -0.25) is 0 Å². The van der Waals surface area contributed by atoms with E-state index in [-0.39, 0.29) is 0 Å². The maximum absolute atomic E-state index is 3.56. The highest BCUT2D eigenvalue weighted by atomic mass is 15.0. The molecule has 2 heteroatoms. The third-order valence-corrected chi connectivity index (χ3v) is 8.86. The molecule has 0 aliphatic heterocycles. The van der Waals surface area contributed by atoms with Gasteiger partial charge in [0.25, 0.3) is 5.82 Å². The summed E-state index contributed by atoms with van der Waals surface area (Å²) in [5.41, 5.74) is 0. The van der Waals surface area contributed by atoms with E-state index >= 15 is 0 Å². The molecular weight excluding hydrogens is 460 g/mol. The van der Waals surface area contributed by atoms with Gasteiger partial charge in [-0.25, -0.2) is 9.55 Å². The second-order valence-corrected chi connectivity index (χ2v) is 12.6. The van der Waals surface area contributed by atoms with Crippen LogP contribution in [0.2, 0.25) is 0 Å². The van der Waals surface area contributed by atoms with Gasteiger partial charge in [-0.2, -0.15) is 0 Å². The SMILES string of the molecule is CCCCCCCCCCCCCCCCCC[C@H](CCCCCCCCCCCCC)c1[nH]cc[n+]1C. The van der Waals surface area contributed by atoms with Crippen molar-refractivity contribution in [2.45, 2.75) is 206 Å². The molecule has 0 fully saturated rings. The van der Waals surface area contributed by atoms with Gasteiger partial charge in [-0.15, -0.1) is 0 Å². The molecule has 0 bridgehead atoms. The molecule has 38 heavy (non-hydrogen) atoms. The molecule has 0 saturated heterocycles. The van der Waals surface area contributed by atoms with E-state index in [0.717, 1.165) is 5.92 Å². The zero-order valence-corrected chi connectivity index (χ0v) is 26.7. The Labute approximate surface area is 240 Å². The van der Waals surface area contributed by atoms with E-state index in [1.54, 1.807) is 0 Å². The van der Waals surface area contributed by atoms with E-state index < -0.39 is 0 Å². The molecule has 0 aromatic carbocycles. The summed E-state index contributed by atoms with van der Waals surface area (Å²) in [6, 6.07) is 0. The third-order valence-electron chi connectivity index (χ3n) is 8.86. The Morgan fingerprint density at radius 2 is 0.763 bits per heavy atom. The zero-order valence-electron chi connectivity index (χ0n) is 26.7. The minimum Gasteiger partial charge on any atom is -0.247 e. The van der Waals surface area contributed by atoms with Crippen LogP contribution in [0, 0.1) is 0 Å². The molecule has 0 spiro atoms. The number of H-pyrrole nitrogens is 1. The fraction of sp³-hybridized carbons (Fsp3) is 0.917. The smallest absolute Gasteiger partial charge is 0.247 e. The zero-order chi connectivity index (χ0) is 27.4. The molecule has 1 heterocycles. The number of aromatic nitrogens is 2. The summed E-state index contributed by atoms with van der Waals surface area (Å²) in [7, 11) is 2.22. The Bertz CT molecular complexity index is 578. The maximum Gasteiger partial charge on any atom is 0.257 e. The van der Waals surface area contributed by atoms with Crippen LogP contribution in [-0.4, -0.2) is 4.98 Å². The van der Waals surface area contributed by atoms with Crippen LogP contribution in [0.1, 0.15) is 212 Å². The predicted octanol–water partition coefficient (Wildman–Crippen LogP) is 12.3. The summed E-state index contributed by atoms with van der Waals surface area (Å²) in [5, 5.41) is 0. The van der Waals surface area contributed by atoms with Crippen LogP contribution in [0.3, 0.4) is 0 Å². The summed E-state index contributed by atoms with van der Waals surface area (Å²) in [6.45, 7) is 4.61. The first-order chi connectivity index (χ1) is 18.8. The first-order valence-corrected chi connectivity index (χ1v) is 17.8. The van der Waals surface area contributed by atoms with Crippen LogP contribution >= 0.6 is 0 Å². The van der Waals surface area contributed by atoms with Crippen molar-refractivity contribution in [3.05, 3.63) is 18.2 Å². The fourth-order valence-corrected chi connectivity index (χ4v) is 6.23. The molecule has 2 nitrogen and oxygen atoms in total. The standard InChI is InChI=1S/C36H70N2/c1-4-6-8-10-12-14-16-17-18-19-20-22-24-26-28-30-32-35(36-37-33-34-38(36)3)31-29-27-25-23-21-15-13-11-9-7-5-2/h33-35H,4-32H2,1-3H3/p+1/t35-/m0/s1. The van der Waals surface area contributed by atoms with E-state index in [4.69, 9.17) is 0 Å². The quantitative estimate of drug-likeness (QED) is 0.0752. The van der Waals surface area contributed by atoms with Crippen molar-refractivity contribution in [2.24, 2.45) is 7.05 Å². The molecular formula is C36H71N2+. The highest BCUT2D eigenvalue weighted by Crippen LogP contribution is 2.26. The molecule has 1 rings (SSSR count). The van der Waals surface area contributed by atoms with Crippen molar-refractivity contribution >= 4 is 0 Å². The van der Waals surface area contributed by atoms with Crippen LogP contribution in [0.4, 0.5) is 0 Å². The van der Waals surface area contributed by atoms with Gasteiger partial charge in [0, 0.05) is 0 Å². The van der Waals surface area contributed by atoms with Crippen molar-refractivity contribution in [2.75, 3.05) is 0 Å². The molecule has 1 atom stereocenters. The lowest BCUT2D eigenvalue weighted by atomic mass is 9.93. The minimum atomic E-state index is 0.722. The lowest BCUT2D eigenvalue weighted by Crippen LogP contribution is -2.32. The predicted molar refractivity (Wildman–Crippen MR) is 170 cm³/mol. The van der Waals surface area contributed by atoms with Gasteiger partial charge < -0.3 is 0 Å². The van der Waals surface area contributed by atoms with Crippen LogP contribution < -0.4 is 4.57 Å². The van der Waals surface area contributed by atoms with Gasteiger partial charge >= 0.3 is 0 Å². The fourth-order valence-electron chi connectivity index (χ4n) is 6.23. The van der Waals surface area contributed by atoms with Crippen molar-refractivity contribution in [1.82, 2.24) is 4.98 Å². The van der Waals surface area contributed by atoms with Crippen molar-refractivity contribution < 1.29 is 4.57 Å². The number of unbranched alkanes of at least 4 members (excludes halogenated alkanes) is 25. The molecule has 1 aromatic rings. The second kappa shape index (κ2) is 27.8. The molecule has 0 aliphatic rings. The van der Waals surface area contributed by atoms with Crippen LogP contribution in [0.15, 0.2) is 12.4 Å². The van der Waals surface area contributed by atoms with Crippen molar-refractivity contribution in [1.29, 1.82) is 0 Å². The topological polar surface area (TPSA) is 19.7 Å². The van der Waals surface area contributed by atoms with E-state index in [1.165, 1.54) is 192 Å². The molecule has 0 unspecified atom stereocenters. The number of hydrogen-bond acceptors (Lipinski definition) is 0. The molecule has 0 radical (unpaired) electrons. The number of imidazole rings is 1. The number of aryl methyl sites for hydroxylation is 1. The van der Waals surface area contributed by atoms with Gasteiger partial charge in [0.1, 0.15) is 12.4 Å². The molecule has 0 amide bonds. The lowest BCUT2D eigenvalue weighted by molar-refractivity contribution is -0.679. The van der Waals surface area contributed by atoms with Crippen LogP contribution in [0.5, 0.6) is 0 Å². The summed E-state index contributed by atoms with van der Waals surface area (Å²) < 4.78 is 2.33. The summed E-state index contributed by atoms with van der Waals surface area (Å²) in [5.74, 6) is 2.18. The highest BCUT2D eigenvalue weighted by molar-refractivity contribution is 4.89. The normalized spacial score (nSPS) is 12.4. The average molecular weight is 532 g/mol. The molecule has 1 N–H and O–H groups in total. The number of aromatic amines is 1. The Kier molecular flexibility index (Phi) is 25.7. The first-order valence-electron chi connectivity index (χ1n) is 17.8. The second-order valence-electron chi connectivity index (χ2n) is 12.6. The van der Waals surface area contributed by atoms with Crippen molar-refractivity contribution in [3.63, 3.8) is 0 Å². The largest absolute Gasteiger partial charge is 0.257 e. The Morgan fingerprint density at radius 3 is 1.03 bits per heavy atom. The third kappa shape index (κ3) is 21.1. The number of hydrogen-bond donors (Lipinski definition) is 1. The van der Waals surface area contributed by atoms with Gasteiger partial charge in [0.05, 0.1) is 13.0 Å². The molecule has 0 aliphatic carbocycles. The van der Waals surface area contributed by atoms with Gasteiger partial charge in [0.15, 0.2) is 0 Å².